The number of benzene rings is 1. The normalized spacial score (nSPS) is 33.4. The number of hydrogen-bond donors (Lipinski definition) is 3. The van der Waals surface area contributed by atoms with Crippen molar-refractivity contribution in [3.8, 4) is 0 Å². The van der Waals surface area contributed by atoms with Crippen LogP contribution in [0.15, 0.2) is 18.2 Å². The number of para-hydroxylation sites is 1. The van der Waals surface area contributed by atoms with E-state index < -0.39 is 33.4 Å². The molecule has 1 aromatic rings. The number of nitrogens with zero attached hydrogens (tertiary/aromatic N) is 1. The first-order valence-corrected chi connectivity index (χ1v) is 12.6. The van der Waals surface area contributed by atoms with E-state index in [2.05, 4.69) is 10.6 Å². The number of anilines is 1. The molecule has 3 aliphatic heterocycles. The third-order valence-corrected chi connectivity index (χ3v) is 10.1. The van der Waals surface area contributed by atoms with Gasteiger partial charge in [0.25, 0.3) is 0 Å². The summed E-state index contributed by atoms with van der Waals surface area (Å²) in [5.41, 5.74) is 1.34. The number of aryl methyl sites for hydroxylation is 1. The number of aliphatic hydroxyl groups excluding tert-OH is 1. The topological polar surface area (TPSA) is 98.7 Å². The molecule has 3 amide bonds. The smallest absolute Gasteiger partial charge is 0.248 e. The maximum absolute atomic E-state index is 14.0. The van der Waals surface area contributed by atoms with Crippen LogP contribution in [0.3, 0.4) is 0 Å². The Morgan fingerprint density at radius 3 is 2.58 bits per heavy atom. The van der Waals surface area contributed by atoms with Gasteiger partial charge >= 0.3 is 0 Å². The van der Waals surface area contributed by atoms with Gasteiger partial charge in [0.05, 0.1) is 39.9 Å². The van der Waals surface area contributed by atoms with Gasteiger partial charge < -0.3 is 20.6 Å². The van der Waals surface area contributed by atoms with Crippen molar-refractivity contribution in [2.45, 2.75) is 62.1 Å². The van der Waals surface area contributed by atoms with Gasteiger partial charge in [0, 0.05) is 11.8 Å². The first-order valence-electron chi connectivity index (χ1n) is 11.4. The number of likely N-dealkylation sites (tertiary alicyclic amines) is 1. The van der Waals surface area contributed by atoms with E-state index in [0.717, 1.165) is 12.0 Å². The van der Waals surface area contributed by atoms with Crippen LogP contribution in [0.4, 0.5) is 5.69 Å². The molecular formula is C24H32ClN3O4S. The Labute approximate surface area is 204 Å². The monoisotopic (exact) mass is 493 g/mol. The highest BCUT2D eigenvalue weighted by atomic mass is 35.5. The summed E-state index contributed by atoms with van der Waals surface area (Å²) in [5, 5.41) is 16.4. The molecule has 3 N–H and O–H groups in total. The number of rotatable bonds is 6. The van der Waals surface area contributed by atoms with E-state index in [1.807, 2.05) is 39.8 Å². The van der Waals surface area contributed by atoms with Crippen molar-refractivity contribution in [2.75, 3.05) is 19.0 Å². The number of amides is 3. The number of carbonyl (C=O) groups is 3. The fraction of sp³-hybridized carbons (Fsp3) is 0.625. The first kappa shape index (κ1) is 24.4. The minimum Gasteiger partial charge on any atom is -0.394 e. The molecule has 0 aromatic heterocycles. The highest BCUT2D eigenvalue weighted by Gasteiger charge is 2.77. The molecule has 33 heavy (non-hydrogen) atoms. The second-order valence-corrected chi connectivity index (χ2v) is 12.3. The Kier molecular flexibility index (Phi) is 6.25. The molecule has 0 radical (unpaired) electrons. The Morgan fingerprint density at radius 1 is 1.30 bits per heavy atom. The van der Waals surface area contributed by atoms with Crippen molar-refractivity contribution in [3.63, 3.8) is 0 Å². The van der Waals surface area contributed by atoms with Crippen molar-refractivity contribution in [2.24, 2.45) is 17.8 Å². The Bertz CT molecular complexity index is 984. The van der Waals surface area contributed by atoms with Gasteiger partial charge in [-0.15, -0.1) is 11.8 Å². The van der Waals surface area contributed by atoms with Crippen LogP contribution in [-0.4, -0.2) is 63.0 Å². The van der Waals surface area contributed by atoms with Gasteiger partial charge in [0.2, 0.25) is 17.7 Å². The lowest BCUT2D eigenvalue weighted by Gasteiger charge is -2.38. The van der Waals surface area contributed by atoms with Crippen molar-refractivity contribution in [1.29, 1.82) is 0 Å². The molecule has 9 heteroatoms. The number of nitrogens with one attached hydrogen (secondary N) is 2. The number of halogens is 1. The third-order valence-electron chi connectivity index (χ3n) is 7.78. The molecule has 2 bridgehead atoms. The molecule has 6 atom stereocenters. The minimum atomic E-state index is -0.813. The average molecular weight is 494 g/mol. The summed E-state index contributed by atoms with van der Waals surface area (Å²) in [5.74, 6) is -1.92. The van der Waals surface area contributed by atoms with Gasteiger partial charge in [-0.3, -0.25) is 14.4 Å². The van der Waals surface area contributed by atoms with Gasteiger partial charge in [-0.1, -0.05) is 37.6 Å². The van der Waals surface area contributed by atoms with Crippen LogP contribution in [0.25, 0.3) is 0 Å². The number of carbonyl (C=O) groups excluding carboxylic acids is 3. The molecular weight excluding hydrogens is 462 g/mol. The lowest BCUT2D eigenvalue weighted by atomic mass is 9.66. The third kappa shape index (κ3) is 3.48. The zero-order chi connectivity index (χ0) is 24.3. The lowest BCUT2D eigenvalue weighted by molar-refractivity contribution is -0.143. The van der Waals surface area contributed by atoms with E-state index in [1.54, 1.807) is 29.8 Å². The quantitative estimate of drug-likeness (QED) is 0.566. The molecule has 4 rings (SSSR count). The van der Waals surface area contributed by atoms with Crippen LogP contribution in [0.5, 0.6) is 0 Å². The predicted molar refractivity (Wildman–Crippen MR) is 130 cm³/mol. The predicted octanol–water partition coefficient (Wildman–Crippen LogP) is 2.83. The molecule has 180 valence electrons. The van der Waals surface area contributed by atoms with E-state index in [4.69, 9.17) is 11.6 Å². The van der Waals surface area contributed by atoms with Gasteiger partial charge in [-0.05, 0) is 44.2 Å². The first-order chi connectivity index (χ1) is 15.5. The summed E-state index contributed by atoms with van der Waals surface area (Å²) in [6.07, 6.45) is 1.40. The standard InChI is InChI=1S/C24H32ClN3O4S/c1-12(2)15(11-29)28-19(21(31)27-18-13(3)7-6-8-14(18)25)24-10-9-23(4,33-24)16(20(30)26-5)17(24)22(28)32/h6-8,12,15-17,19,29H,9-11H2,1-5H3,(H,26,30)(H,27,31)/t15-,16-,17-,19?,23+,24?/m0/s1. The van der Waals surface area contributed by atoms with Crippen LogP contribution < -0.4 is 10.6 Å². The summed E-state index contributed by atoms with van der Waals surface area (Å²) in [7, 11) is 1.58. The lowest BCUT2D eigenvalue weighted by Crippen LogP contribution is -2.56. The largest absolute Gasteiger partial charge is 0.394 e. The van der Waals surface area contributed by atoms with Gasteiger partial charge in [-0.2, -0.15) is 0 Å². The van der Waals surface area contributed by atoms with Crippen LogP contribution in [0.2, 0.25) is 5.02 Å². The van der Waals surface area contributed by atoms with Gasteiger partial charge in [-0.25, -0.2) is 0 Å². The Balaban J connectivity index is 1.82. The van der Waals surface area contributed by atoms with Crippen LogP contribution in [0.1, 0.15) is 39.2 Å². The van der Waals surface area contributed by atoms with Crippen molar-refractivity contribution < 1.29 is 19.5 Å². The molecule has 3 saturated heterocycles. The fourth-order valence-electron chi connectivity index (χ4n) is 6.18. The second kappa shape index (κ2) is 8.47. The molecule has 3 fully saturated rings. The second-order valence-electron chi connectivity index (χ2n) is 10.0. The number of fused-ring (bicyclic) bond motifs is 1. The zero-order valence-corrected chi connectivity index (χ0v) is 21.2. The maximum atomic E-state index is 14.0. The van der Waals surface area contributed by atoms with E-state index >= 15 is 0 Å². The summed E-state index contributed by atoms with van der Waals surface area (Å²) in [6.45, 7) is 7.49. The molecule has 7 nitrogen and oxygen atoms in total. The van der Waals surface area contributed by atoms with Crippen LogP contribution in [-0.2, 0) is 14.4 Å². The molecule has 0 aliphatic carbocycles. The number of aliphatic hydroxyl groups is 1. The maximum Gasteiger partial charge on any atom is 0.248 e. The van der Waals surface area contributed by atoms with E-state index in [1.165, 1.54) is 0 Å². The van der Waals surface area contributed by atoms with Gasteiger partial charge in [0.15, 0.2) is 0 Å². The molecule has 0 saturated carbocycles. The molecule has 1 aromatic carbocycles. The average Bonchev–Trinajstić information content (AvgIpc) is 3.32. The molecule has 3 heterocycles. The fourth-order valence-corrected chi connectivity index (χ4v) is 8.79. The molecule has 3 aliphatic rings. The minimum absolute atomic E-state index is 0.0669. The Hall–Kier alpha value is -1.77. The van der Waals surface area contributed by atoms with Crippen molar-refractivity contribution in [1.82, 2.24) is 10.2 Å². The zero-order valence-electron chi connectivity index (χ0n) is 19.6. The molecule has 1 spiro atoms. The summed E-state index contributed by atoms with van der Waals surface area (Å²) in [6, 6.07) is 4.05. The van der Waals surface area contributed by atoms with Crippen LogP contribution in [0, 0.1) is 24.7 Å². The molecule has 2 unspecified atom stereocenters. The number of thioether (sulfide) groups is 1. The van der Waals surface area contributed by atoms with E-state index in [9.17, 15) is 19.5 Å². The highest BCUT2D eigenvalue weighted by Crippen LogP contribution is 2.71. The Morgan fingerprint density at radius 2 is 2.00 bits per heavy atom. The van der Waals surface area contributed by atoms with Gasteiger partial charge in [0.1, 0.15) is 6.04 Å². The number of hydrogen-bond acceptors (Lipinski definition) is 5. The summed E-state index contributed by atoms with van der Waals surface area (Å²) < 4.78 is -1.15. The van der Waals surface area contributed by atoms with E-state index in [0.29, 0.717) is 17.1 Å². The summed E-state index contributed by atoms with van der Waals surface area (Å²) >= 11 is 7.99. The van der Waals surface area contributed by atoms with Crippen LogP contribution >= 0.6 is 23.4 Å². The highest BCUT2D eigenvalue weighted by molar-refractivity contribution is 8.02. The van der Waals surface area contributed by atoms with Crippen molar-refractivity contribution in [3.05, 3.63) is 28.8 Å². The summed E-state index contributed by atoms with van der Waals surface area (Å²) in [4.78, 5) is 42.4. The van der Waals surface area contributed by atoms with Crippen molar-refractivity contribution >= 4 is 46.8 Å². The SMILES string of the molecule is CNC(=O)[C@@H]1[C@H]2C(=O)N([C@@H](CO)C(C)C)C(C(=O)Nc3c(C)cccc3Cl)C23CC[C@@]1(C)S3. The van der Waals surface area contributed by atoms with E-state index in [-0.39, 0.29) is 30.2 Å².